The molecule has 0 unspecified atom stereocenters. The summed E-state index contributed by atoms with van der Waals surface area (Å²) >= 11 is 1.12. The number of carbonyl (C=O) groups excluding carboxylic acids is 1. The zero-order valence-corrected chi connectivity index (χ0v) is 16.7. The van der Waals surface area contributed by atoms with E-state index in [2.05, 4.69) is 5.32 Å². The molecule has 3 rings (SSSR count). The molecule has 1 aromatic heterocycles. The first kappa shape index (κ1) is 20.0. The highest BCUT2D eigenvalue weighted by atomic mass is 32.2. The van der Waals surface area contributed by atoms with Crippen molar-refractivity contribution in [2.45, 2.75) is 34.4 Å². The van der Waals surface area contributed by atoms with Crippen LogP contribution in [-0.2, 0) is 24.8 Å². The Morgan fingerprint density at radius 3 is 2.41 bits per heavy atom. The topological polar surface area (TPSA) is 127 Å². The lowest BCUT2D eigenvalue weighted by Gasteiger charge is -2.33. The molecule has 2 aromatic rings. The number of carbonyl (C=O) groups is 1. The first-order valence-corrected chi connectivity index (χ1v) is 12.1. The van der Waals surface area contributed by atoms with Gasteiger partial charge in [-0.1, -0.05) is 12.5 Å². The maximum absolute atomic E-state index is 12.8. The van der Waals surface area contributed by atoms with Crippen molar-refractivity contribution in [2.75, 3.05) is 11.9 Å². The van der Waals surface area contributed by atoms with Gasteiger partial charge in [0.1, 0.15) is 10.3 Å². The number of thiophene rings is 1. The Labute approximate surface area is 162 Å². The van der Waals surface area contributed by atoms with Gasteiger partial charge in [-0.05, 0) is 48.6 Å². The zero-order chi connectivity index (χ0) is 19.7. The molecule has 0 aliphatic carbocycles. The van der Waals surface area contributed by atoms with Crippen molar-refractivity contribution in [2.24, 2.45) is 5.14 Å². The molecular weight excluding hydrogens is 410 g/mol. The van der Waals surface area contributed by atoms with E-state index in [9.17, 15) is 21.6 Å². The Balaban J connectivity index is 1.80. The molecule has 2 heterocycles. The van der Waals surface area contributed by atoms with Gasteiger partial charge in [0.15, 0.2) is 0 Å². The monoisotopic (exact) mass is 429 g/mol. The van der Waals surface area contributed by atoms with E-state index in [1.165, 1.54) is 34.6 Å². The van der Waals surface area contributed by atoms with Gasteiger partial charge in [0.25, 0.3) is 10.0 Å². The number of amides is 1. The molecule has 1 aliphatic rings. The van der Waals surface area contributed by atoms with Gasteiger partial charge in [-0.3, -0.25) is 4.79 Å². The highest BCUT2D eigenvalue weighted by Gasteiger charge is 2.38. The third-order valence-electron chi connectivity index (χ3n) is 4.26. The van der Waals surface area contributed by atoms with Crippen molar-refractivity contribution in [3.8, 4) is 0 Å². The number of hydrogen-bond acceptors (Lipinski definition) is 6. The van der Waals surface area contributed by atoms with Gasteiger partial charge in [0.05, 0.1) is 4.90 Å². The van der Waals surface area contributed by atoms with E-state index < -0.39 is 32.0 Å². The number of nitrogens with zero attached hydrogens (tertiary/aromatic N) is 1. The molecule has 1 atom stereocenters. The maximum Gasteiger partial charge on any atom is 0.253 e. The molecule has 11 heteroatoms. The van der Waals surface area contributed by atoms with Gasteiger partial charge in [-0.15, -0.1) is 11.3 Å². The summed E-state index contributed by atoms with van der Waals surface area (Å²) in [6.45, 7) is 0.280. The lowest BCUT2D eigenvalue weighted by atomic mass is 10.0. The van der Waals surface area contributed by atoms with Crippen LogP contribution in [0.5, 0.6) is 0 Å². The quantitative estimate of drug-likeness (QED) is 0.746. The highest BCUT2D eigenvalue weighted by Crippen LogP contribution is 2.28. The van der Waals surface area contributed by atoms with Crippen LogP contribution in [0.2, 0.25) is 0 Å². The largest absolute Gasteiger partial charge is 0.325 e. The van der Waals surface area contributed by atoms with Crippen LogP contribution in [0.15, 0.2) is 50.9 Å². The molecule has 1 saturated heterocycles. The Morgan fingerprint density at radius 2 is 1.81 bits per heavy atom. The predicted octanol–water partition coefficient (Wildman–Crippen LogP) is 1.58. The number of nitrogens with two attached hydrogens (primary N) is 1. The van der Waals surface area contributed by atoms with Crippen LogP contribution >= 0.6 is 11.3 Å². The molecule has 1 aromatic carbocycles. The van der Waals surface area contributed by atoms with E-state index in [0.29, 0.717) is 18.5 Å². The smallest absolute Gasteiger partial charge is 0.253 e. The van der Waals surface area contributed by atoms with Crippen LogP contribution in [0.3, 0.4) is 0 Å². The van der Waals surface area contributed by atoms with Gasteiger partial charge < -0.3 is 5.32 Å². The second-order valence-electron chi connectivity index (χ2n) is 6.12. The van der Waals surface area contributed by atoms with E-state index in [1.54, 1.807) is 11.4 Å². The number of anilines is 1. The molecule has 27 heavy (non-hydrogen) atoms. The van der Waals surface area contributed by atoms with Crippen molar-refractivity contribution in [3.05, 3.63) is 41.8 Å². The minimum Gasteiger partial charge on any atom is -0.325 e. The molecule has 1 fully saturated rings. The number of primary sulfonamides is 1. The van der Waals surface area contributed by atoms with Gasteiger partial charge >= 0.3 is 0 Å². The number of hydrogen-bond donors (Lipinski definition) is 2. The SMILES string of the molecule is NS(=O)(=O)c1ccc(NC(=O)[C@H]2CCCCN2S(=O)(=O)c2cccs2)cc1. The molecule has 0 spiro atoms. The first-order chi connectivity index (χ1) is 12.7. The van der Waals surface area contributed by atoms with E-state index in [-0.39, 0.29) is 15.6 Å². The second kappa shape index (κ2) is 7.68. The summed E-state index contributed by atoms with van der Waals surface area (Å²) in [4.78, 5) is 12.6. The van der Waals surface area contributed by atoms with Crippen LogP contribution in [0, 0.1) is 0 Å². The maximum atomic E-state index is 12.8. The average molecular weight is 430 g/mol. The summed E-state index contributed by atoms with van der Waals surface area (Å²) in [5, 5.41) is 9.39. The molecular formula is C16H19N3O5S3. The summed E-state index contributed by atoms with van der Waals surface area (Å²) in [6, 6.07) is 7.76. The van der Waals surface area contributed by atoms with E-state index in [1.807, 2.05) is 0 Å². The summed E-state index contributed by atoms with van der Waals surface area (Å²) in [5.41, 5.74) is 0.367. The molecule has 8 nitrogen and oxygen atoms in total. The molecule has 0 bridgehead atoms. The number of sulfonamides is 2. The van der Waals surface area contributed by atoms with Crippen LogP contribution in [0.4, 0.5) is 5.69 Å². The molecule has 1 amide bonds. The Hall–Kier alpha value is -1.79. The van der Waals surface area contributed by atoms with Crippen LogP contribution < -0.4 is 10.5 Å². The molecule has 0 radical (unpaired) electrons. The summed E-state index contributed by atoms with van der Waals surface area (Å²) in [6.07, 6.45) is 1.86. The number of benzene rings is 1. The lowest BCUT2D eigenvalue weighted by Crippen LogP contribution is -2.49. The summed E-state index contributed by atoms with van der Waals surface area (Å²) in [7, 11) is -7.56. The third kappa shape index (κ3) is 4.38. The molecule has 146 valence electrons. The standard InChI is InChI=1S/C16H19N3O5S3/c17-26(21,22)13-8-6-12(7-9-13)18-16(20)14-4-1-2-10-19(14)27(23,24)15-5-3-11-25-15/h3,5-9,11,14H,1-2,4,10H2,(H,18,20)(H2,17,21,22)/t14-/m1/s1. The van der Waals surface area contributed by atoms with Crippen molar-refractivity contribution >= 4 is 43.0 Å². The summed E-state index contributed by atoms with van der Waals surface area (Å²) < 4.78 is 49.7. The van der Waals surface area contributed by atoms with E-state index in [0.717, 1.165) is 17.8 Å². The van der Waals surface area contributed by atoms with Crippen molar-refractivity contribution in [3.63, 3.8) is 0 Å². The molecule has 0 saturated carbocycles. The highest BCUT2D eigenvalue weighted by molar-refractivity contribution is 7.91. The fraction of sp³-hybridized carbons (Fsp3) is 0.312. The van der Waals surface area contributed by atoms with E-state index >= 15 is 0 Å². The molecule has 3 N–H and O–H groups in total. The van der Waals surface area contributed by atoms with Crippen LogP contribution in [0.1, 0.15) is 19.3 Å². The average Bonchev–Trinajstić information content (AvgIpc) is 3.17. The van der Waals surface area contributed by atoms with Gasteiger partial charge in [0, 0.05) is 12.2 Å². The Bertz CT molecular complexity index is 1020. The first-order valence-electron chi connectivity index (χ1n) is 8.19. The predicted molar refractivity (Wildman–Crippen MR) is 102 cm³/mol. The van der Waals surface area contributed by atoms with Crippen molar-refractivity contribution in [1.82, 2.24) is 4.31 Å². The second-order valence-corrected chi connectivity index (χ2v) is 10.7. The Kier molecular flexibility index (Phi) is 5.68. The lowest BCUT2D eigenvalue weighted by molar-refractivity contribution is -0.120. The van der Waals surface area contributed by atoms with Crippen LogP contribution in [0.25, 0.3) is 0 Å². The third-order valence-corrected chi connectivity index (χ3v) is 8.48. The minimum atomic E-state index is -3.82. The fourth-order valence-corrected chi connectivity index (χ4v) is 6.23. The van der Waals surface area contributed by atoms with Crippen molar-refractivity contribution in [1.29, 1.82) is 0 Å². The van der Waals surface area contributed by atoms with Gasteiger partial charge in [-0.2, -0.15) is 4.31 Å². The Morgan fingerprint density at radius 1 is 1.11 bits per heavy atom. The van der Waals surface area contributed by atoms with Crippen molar-refractivity contribution < 1.29 is 21.6 Å². The van der Waals surface area contributed by atoms with Gasteiger partial charge in [-0.25, -0.2) is 22.0 Å². The normalized spacial score (nSPS) is 18.9. The number of rotatable bonds is 5. The minimum absolute atomic E-state index is 0.0694. The fourth-order valence-electron chi connectivity index (χ4n) is 2.93. The van der Waals surface area contributed by atoms with E-state index in [4.69, 9.17) is 5.14 Å². The van der Waals surface area contributed by atoms with Crippen LogP contribution in [-0.4, -0.2) is 39.6 Å². The number of nitrogens with one attached hydrogen (secondary N) is 1. The van der Waals surface area contributed by atoms with Gasteiger partial charge in [0.2, 0.25) is 15.9 Å². The zero-order valence-electron chi connectivity index (χ0n) is 14.2. The molecule has 1 aliphatic heterocycles. The number of piperidine rings is 1. The summed E-state index contributed by atoms with van der Waals surface area (Å²) in [5.74, 6) is -0.446.